The van der Waals surface area contributed by atoms with Gasteiger partial charge in [0, 0.05) is 17.9 Å². The third-order valence-electron chi connectivity index (χ3n) is 2.93. The van der Waals surface area contributed by atoms with Crippen LogP contribution in [-0.2, 0) is 0 Å². The molecule has 0 atom stereocenters. The van der Waals surface area contributed by atoms with E-state index in [1.807, 2.05) is 54.6 Å². The van der Waals surface area contributed by atoms with Crippen molar-refractivity contribution in [1.29, 1.82) is 5.26 Å². The Hall–Kier alpha value is -2.56. The lowest BCUT2D eigenvalue weighted by Crippen LogP contribution is -1.90. The normalized spacial score (nSPS) is 10.1. The van der Waals surface area contributed by atoms with Gasteiger partial charge in [0.25, 0.3) is 0 Å². The van der Waals surface area contributed by atoms with Crippen LogP contribution in [0.15, 0.2) is 58.9 Å². The van der Waals surface area contributed by atoms with Crippen LogP contribution in [0.1, 0.15) is 6.42 Å². The van der Waals surface area contributed by atoms with E-state index in [-0.39, 0.29) is 0 Å². The third-order valence-corrected chi connectivity index (χ3v) is 4.90. The van der Waals surface area contributed by atoms with Crippen molar-refractivity contribution in [3.05, 3.63) is 54.6 Å². The van der Waals surface area contributed by atoms with E-state index in [2.05, 4.69) is 21.6 Å². The molecule has 1 N–H and O–H groups in total. The SMILES string of the molecule is N#CCCSc1nnc(Nc2ccc(Oc3ccccc3)cc2)s1. The zero-order chi connectivity index (χ0) is 16.6. The summed E-state index contributed by atoms with van der Waals surface area (Å²) in [6, 6.07) is 19.4. The van der Waals surface area contributed by atoms with E-state index in [1.54, 1.807) is 11.8 Å². The minimum absolute atomic E-state index is 0.510. The standard InChI is InChI=1S/C17H14N4OS2/c18-11-4-12-23-17-21-20-16(24-17)19-13-7-9-15(10-8-13)22-14-5-2-1-3-6-14/h1-3,5-10H,4,12H2,(H,19,20). The second-order valence-electron chi connectivity index (χ2n) is 4.69. The van der Waals surface area contributed by atoms with Gasteiger partial charge in [-0.3, -0.25) is 0 Å². The van der Waals surface area contributed by atoms with Crippen LogP contribution in [0.3, 0.4) is 0 Å². The topological polar surface area (TPSA) is 70.8 Å². The predicted octanol–water partition coefficient (Wildman–Crippen LogP) is 5.08. The largest absolute Gasteiger partial charge is 0.457 e. The monoisotopic (exact) mass is 354 g/mol. The number of anilines is 2. The zero-order valence-electron chi connectivity index (χ0n) is 12.7. The molecule has 0 amide bonds. The maximum absolute atomic E-state index is 8.54. The predicted molar refractivity (Wildman–Crippen MR) is 97.1 cm³/mol. The average Bonchev–Trinajstić information content (AvgIpc) is 3.05. The Labute approximate surface area is 148 Å². The first-order chi connectivity index (χ1) is 11.8. The molecule has 5 nitrogen and oxygen atoms in total. The molecule has 0 aliphatic heterocycles. The number of hydrogen-bond donors (Lipinski definition) is 1. The minimum atomic E-state index is 0.510. The van der Waals surface area contributed by atoms with Crippen LogP contribution in [0.2, 0.25) is 0 Å². The van der Waals surface area contributed by atoms with Crippen LogP contribution in [-0.4, -0.2) is 16.0 Å². The summed E-state index contributed by atoms with van der Waals surface area (Å²) in [4.78, 5) is 0. The summed E-state index contributed by atoms with van der Waals surface area (Å²) in [5.41, 5.74) is 0.917. The lowest BCUT2D eigenvalue weighted by atomic mass is 10.3. The number of aromatic nitrogens is 2. The van der Waals surface area contributed by atoms with E-state index in [9.17, 15) is 0 Å². The van der Waals surface area contributed by atoms with Crippen molar-refractivity contribution in [2.45, 2.75) is 10.8 Å². The van der Waals surface area contributed by atoms with Crippen LogP contribution in [0.25, 0.3) is 0 Å². The highest BCUT2D eigenvalue weighted by molar-refractivity contribution is 8.01. The Morgan fingerprint density at radius 3 is 2.54 bits per heavy atom. The van der Waals surface area contributed by atoms with Gasteiger partial charge < -0.3 is 10.1 Å². The fourth-order valence-electron chi connectivity index (χ4n) is 1.86. The van der Waals surface area contributed by atoms with Gasteiger partial charge in [-0.05, 0) is 36.4 Å². The molecule has 0 aliphatic rings. The molecule has 0 fully saturated rings. The van der Waals surface area contributed by atoms with Crippen LogP contribution < -0.4 is 10.1 Å². The van der Waals surface area contributed by atoms with E-state index in [1.165, 1.54) is 11.3 Å². The molecule has 2 aromatic carbocycles. The summed E-state index contributed by atoms with van der Waals surface area (Å²) in [5.74, 6) is 2.31. The Kier molecular flexibility index (Phi) is 5.66. The fourth-order valence-corrected chi connectivity index (χ4v) is 3.54. The van der Waals surface area contributed by atoms with Gasteiger partial charge in [0.1, 0.15) is 11.5 Å². The van der Waals surface area contributed by atoms with Crippen molar-refractivity contribution >= 4 is 33.9 Å². The lowest BCUT2D eigenvalue weighted by Gasteiger charge is -2.06. The minimum Gasteiger partial charge on any atom is -0.457 e. The maximum Gasteiger partial charge on any atom is 0.210 e. The third kappa shape index (κ3) is 4.72. The highest BCUT2D eigenvalue weighted by atomic mass is 32.2. The number of para-hydroxylation sites is 1. The molecule has 0 saturated heterocycles. The number of hydrogen-bond acceptors (Lipinski definition) is 7. The number of nitrogens with zero attached hydrogens (tertiary/aromatic N) is 3. The molecule has 0 unspecified atom stereocenters. The number of nitrogens with one attached hydrogen (secondary N) is 1. The molecule has 120 valence electrons. The summed E-state index contributed by atoms with van der Waals surface area (Å²) in [7, 11) is 0. The summed E-state index contributed by atoms with van der Waals surface area (Å²) in [6.07, 6.45) is 0.510. The molecule has 1 aromatic heterocycles. The van der Waals surface area contributed by atoms with Crippen LogP contribution in [0.4, 0.5) is 10.8 Å². The Bertz CT molecular complexity index is 813. The highest BCUT2D eigenvalue weighted by Crippen LogP contribution is 2.29. The van der Waals surface area contributed by atoms with Gasteiger partial charge in [-0.25, -0.2) is 0 Å². The van der Waals surface area contributed by atoms with E-state index >= 15 is 0 Å². The lowest BCUT2D eigenvalue weighted by molar-refractivity contribution is 0.483. The van der Waals surface area contributed by atoms with Crippen molar-refractivity contribution in [2.75, 3.05) is 11.1 Å². The molecule has 0 saturated carbocycles. The molecule has 7 heteroatoms. The highest BCUT2D eigenvalue weighted by Gasteiger charge is 2.05. The quantitative estimate of drug-likeness (QED) is 0.471. The first kappa shape index (κ1) is 16.3. The van der Waals surface area contributed by atoms with Gasteiger partial charge >= 0.3 is 0 Å². The van der Waals surface area contributed by atoms with Crippen molar-refractivity contribution in [3.63, 3.8) is 0 Å². The molecule has 0 aliphatic carbocycles. The number of ether oxygens (including phenoxy) is 1. The average molecular weight is 354 g/mol. The second-order valence-corrected chi connectivity index (χ2v) is 7.01. The van der Waals surface area contributed by atoms with Crippen LogP contribution >= 0.6 is 23.1 Å². The van der Waals surface area contributed by atoms with E-state index in [4.69, 9.17) is 10.00 Å². The smallest absolute Gasteiger partial charge is 0.210 e. The van der Waals surface area contributed by atoms with Gasteiger partial charge in [0.2, 0.25) is 5.13 Å². The number of rotatable bonds is 7. The van der Waals surface area contributed by atoms with E-state index in [0.717, 1.165) is 32.4 Å². The Morgan fingerprint density at radius 1 is 1.04 bits per heavy atom. The van der Waals surface area contributed by atoms with Gasteiger partial charge in [0.15, 0.2) is 4.34 Å². The van der Waals surface area contributed by atoms with Gasteiger partial charge in [-0.15, -0.1) is 10.2 Å². The van der Waals surface area contributed by atoms with Crippen molar-refractivity contribution in [2.24, 2.45) is 0 Å². The zero-order valence-corrected chi connectivity index (χ0v) is 14.3. The van der Waals surface area contributed by atoms with Crippen molar-refractivity contribution in [3.8, 4) is 17.6 Å². The first-order valence-electron chi connectivity index (χ1n) is 7.27. The number of benzene rings is 2. The van der Waals surface area contributed by atoms with Crippen molar-refractivity contribution in [1.82, 2.24) is 10.2 Å². The molecular formula is C17H14N4OS2. The Morgan fingerprint density at radius 2 is 1.79 bits per heavy atom. The molecule has 24 heavy (non-hydrogen) atoms. The fraction of sp³-hybridized carbons (Fsp3) is 0.118. The van der Waals surface area contributed by atoms with Gasteiger partial charge in [0.05, 0.1) is 6.07 Å². The second kappa shape index (κ2) is 8.34. The van der Waals surface area contributed by atoms with E-state index in [0.29, 0.717) is 6.42 Å². The number of thioether (sulfide) groups is 1. The molecule has 3 rings (SSSR count). The van der Waals surface area contributed by atoms with Crippen LogP contribution in [0, 0.1) is 11.3 Å². The first-order valence-corrected chi connectivity index (χ1v) is 9.07. The number of nitriles is 1. The summed E-state index contributed by atoms with van der Waals surface area (Å²) in [5, 5.41) is 20.7. The van der Waals surface area contributed by atoms with Crippen LogP contribution in [0.5, 0.6) is 11.5 Å². The van der Waals surface area contributed by atoms with E-state index < -0.39 is 0 Å². The summed E-state index contributed by atoms with van der Waals surface area (Å²) < 4.78 is 6.62. The van der Waals surface area contributed by atoms with Gasteiger partial charge in [-0.2, -0.15) is 5.26 Å². The summed E-state index contributed by atoms with van der Waals surface area (Å²) >= 11 is 3.02. The molecule has 0 spiro atoms. The molecule has 0 bridgehead atoms. The molecular weight excluding hydrogens is 340 g/mol. The molecule has 0 radical (unpaired) electrons. The Balaban J connectivity index is 1.57. The molecule has 3 aromatic rings. The molecule has 1 heterocycles. The summed E-state index contributed by atoms with van der Waals surface area (Å²) in [6.45, 7) is 0. The van der Waals surface area contributed by atoms with Gasteiger partial charge in [-0.1, -0.05) is 41.3 Å². The van der Waals surface area contributed by atoms with Crippen molar-refractivity contribution < 1.29 is 4.74 Å². The maximum atomic E-state index is 8.54.